The largest absolute Gasteiger partial charge is 0.354 e. The lowest BCUT2D eigenvalue weighted by Gasteiger charge is -2.29. The van der Waals surface area contributed by atoms with Crippen LogP contribution in [0.5, 0.6) is 0 Å². The Labute approximate surface area is 192 Å². The van der Waals surface area contributed by atoms with Crippen LogP contribution in [0.3, 0.4) is 0 Å². The lowest BCUT2D eigenvalue weighted by atomic mass is 10.0. The topological polar surface area (TPSA) is 58.4 Å². The molecule has 1 saturated heterocycles. The third-order valence-electron chi connectivity index (χ3n) is 6.43. The molecule has 0 spiro atoms. The van der Waals surface area contributed by atoms with Crippen LogP contribution in [0.1, 0.15) is 11.3 Å². The SMILES string of the molecule is Cc1cc(-c2cnc3cc(-c4cnc(N5CCNCC5)c(C)c4)ccn23)c2ccccc2n1. The predicted octanol–water partition coefficient (Wildman–Crippen LogP) is 4.64. The van der Waals surface area contributed by atoms with Gasteiger partial charge in [-0.25, -0.2) is 9.97 Å². The van der Waals surface area contributed by atoms with Crippen LogP contribution in [0.15, 0.2) is 67.1 Å². The normalized spacial score (nSPS) is 14.3. The van der Waals surface area contributed by atoms with Gasteiger partial charge in [-0.15, -0.1) is 0 Å². The first-order valence-electron chi connectivity index (χ1n) is 11.4. The molecule has 0 bridgehead atoms. The smallest absolute Gasteiger partial charge is 0.137 e. The van der Waals surface area contributed by atoms with Crippen LogP contribution < -0.4 is 10.2 Å². The van der Waals surface area contributed by atoms with Gasteiger partial charge in [-0.05, 0) is 55.3 Å². The number of rotatable bonds is 3. The molecule has 6 nitrogen and oxygen atoms in total. The van der Waals surface area contributed by atoms with Crippen LogP contribution in [0.2, 0.25) is 0 Å². The second kappa shape index (κ2) is 7.98. The second-order valence-electron chi connectivity index (χ2n) is 8.72. The number of aromatic nitrogens is 4. The van der Waals surface area contributed by atoms with Crippen molar-refractivity contribution >= 4 is 22.4 Å². The Bertz CT molecular complexity index is 1480. The zero-order valence-corrected chi connectivity index (χ0v) is 18.9. The first-order chi connectivity index (χ1) is 16.2. The number of benzene rings is 1. The van der Waals surface area contributed by atoms with Crippen LogP contribution >= 0.6 is 0 Å². The lowest BCUT2D eigenvalue weighted by molar-refractivity contribution is 0.584. The molecule has 5 aromatic rings. The monoisotopic (exact) mass is 434 g/mol. The zero-order valence-electron chi connectivity index (χ0n) is 18.9. The summed E-state index contributed by atoms with van der Waals surface area (Å²) in [6.45, 7) is 8.20. The number of anilines is 1. The van der Waals surface area contributed by atoms with Crippen molar-refractivity contribution in [2.45, 2.75) is 13.8 Å². The third kappa shape index (κ3) is 3.52. The Kier molecular flexibility index (Phi) is 4.80. The second-order valence-corrected chi connectivity index (χ2v) is 8.72. The molecule has 6 heteroatoms. The highest BCUT2D eigenvalue weighted by Crippen LogP contribution is 2.31. The minimum Gasteiger partial charge on any atom is -0.354 e. The molecule has 1 aromatic carbocycles. The van der Waals surface area contributed by atoms with Gasteiger partial charge in [-0.2, -0.15) is 0 Å². The van der Waals surface area contributed by atoms with E-state index in [4.69, 9.17) is 9.97 Å². The molecule has 1 fully saturated rings. The van der Waals surface area contributed by atoms with E-state index in [-0.39, 0.29) is 0 Å². The third-order valence-corrected chi connectivity index (χ3v) is 6.43. The molecule has 4 aromatic heterocycles. The molecule has 0 unspecified atom stereocenters. The maximum absolute atomic E-state index is 4.82. The van der Waals surface area contributed by atoms with E-state index in [0.717, 1.165) is 76.6 Å². The standard InChI is InChI=1S/C27H26N6/c1-18-13-21(16-30-27(18)32-11-8-28-9-12-32)20-7-10-33-25(17-29-26(33)15-20)23-14-19(2)31-24-6-4-3-5-22(23)24/h3-7,10,13-17,28H,8-9,11-12H2,1-2H3. The van der Waals surface area contributed by atoms with E-state index >= 15 is 0 Å². The number of hydrogen-bond acceptors (Lipinski definition) is 5. The Morgan fingerprint density at radius 1 is 0.879 bits per heavy atom. The minimum absolute atomic E-state index is 0.921. The van der Waals surface area contributed by atoms with E-state index in [1.807, 2.05) is 25.4 Å². The number of para-hydroxylation sites is 1. The lowest BCUT2D eigenvalue weighted by Crippen LogP contribution is -2.44. The molecule has 0 radical (unpaired) electrons. The fourth-order valence-corrected chi connectivity index (χ4v) is 4.81. The Hall–Kier alpha value is -3.77. The molecule has 1 aliphatic rings. The Balaban J connectivity index is 1.39. The fraction of sp³-hybridized carbons (Fsp3) is 0.222. The summed E-state index contributed by atoms with van der Waals surface area (Å²) in [6.07, 6.45) is 6.05. The van der Waals surface area contributed by atoms with Gasteiger partial charge < -0.3 is 10.2 Å². The molecule has 0 aliphatic carbocycles. The highest BCUT2D eigenvalue weighted by Gasteiger charge is 2.15. The van der Waals surface area contributed by atoms with E-state index in [0.29, 0.717) is 0 Å². The van der Waals surface area contributed by atoms with Crippen LogP contribution in [-0.4, -0.2) is 45.5 Å². The van der Waals surface area contributed by atoms with Crippen LogP contribution in [0.4, 0.5) is 5.82 Å². The summed E-state index contributed by atoms with van der Waals surface area (Å²) in [7, 11) is 0. The maximum atomic E-state index is 4.82. The van der Waals surface area contributed by atoms with Gasteiger partial charge >= 0.3 is 0 Å². The summed E-state index contributed by atoms with van der Waals surface area (Å²) < 4.78 is 2.15. The van der Waals surface area contributed by atoms with Gasteiger partial charge in [0.05, 0.1) is 17.4 Å². The molecule has 1 aliphatic heterocycles. The number of fused-ring (bicyclic) bond motifs is 2. The highest BCUT2D eigenvalue weighted by atomic mass is 15.2. The predicted molar refractivity (Wildman–Crippen MR) is 134 cm³/mol. The number of hydrogen-bond donors (Lipinski definition) is 1. The average molecular weight is 435 g/mol. The molecule has 164 valence electrons. The summed E-state index contributed by atoms with van der Waals surface area (Å²) in [4.78, 5) is 16.6. The molecule has 5 heterocycles. The summed E-state index contributed by atoms with van der Waals surface area (Å²) >= 11 is 0. The first kappa shape index (κ1) is 19.9. The summed E-state index contributed by atoms with van der Waals surface area (Å²) in [5, 5.41) is 4.54. The number of nitrogens with one attached hydrogen (secondary N) is 1. The summed E-state index contributed by atoms with van der Waals surface area (Å²) in [6, 6.07) is 16.9. The van der Waals surface area contributed by atoms with Crippen molar-refractivity contribution in [3.63, 3.8) is 0 Å². The molecule has 1 N–H and O–H groups in total. The Morgan fingerprint density at radius 3 is 2.58 bits per heavy atom. The van der Waals surface area contributed by atoms with Crippen molar-refractivity contribution < 1.29 is 0 Å². The quantitative estimate of drug-likeness (QED) is 0.448. The maximum Gasteiger partial charge on any atom is 0.137 e. The molecule has 33 heavy (non-hydrogen) atoms. The average Bonchev–Trinajstić information content (AvgIpc) is 3.27. The van der Waals surface area contributed by atoms with Crippen molar-refractivity contribution in [1.29, 1.82) is 0 Å². The molecule has 6 rings (SSSR count). The molecular weight excluding hydrogens is 408 g/mol. The number of imidazole rings is 1. The number of aryl methyl sites for hydroxylation is 2. The van der Waals surface area contributed by atoms with Crippen molar-refractivity contribution in [3.05, 3.63) is 78.4 Å². The molecule has 0 amide bonds. The highest BCUT2D eigenvalue weighted by molar-refractivity contribution is 5.94. The van der Waals surface area contributed by atoms with Gasteiger partial charge in [0.15, 0.2) is 0 Å². The van der Waals surface area contributed by atoms with Gasteiger partial charge in [-0.3, -0.25) is 9.38 Å². The first-order valence-corrected chi connectivity index (χ1v) is 11.4. The molecule has 0 saturated carbocycles. The van der Waals surface area contributed by atoms with E-state index < -0.39 is 0 Å². The van der Waals surface area contributed by atoms with Gasteiger partial charge in [0.2, 0.25) is 0 Å². The van der Waals surface area contributed by atoms with Crippen LogP contribution in [0.25, 0.3) is 38.9 Å². The van der Waals surface area contributed by atoms with Crippen LogP contribution in [0, 0.1) is 13.8 Å². The summed E-state index contributed by atoms with van der Waals surface area (Å²) in [5.74, 6) is 1.09. The fourth-order valence-electron chi connectivity index (χ4n) is 4.81. The van der Waals surface area contributed by atoms with Crippen molar-refractivity contribution in [2.24, 2.45) is 0 Å². The van der Waals surface area contributed by atoms with Gasteiger partial charge in [0.1, 0.15) is 11.5 Å². The van der Waals surface area contributed by atoms with Gasteiger partial charge in [-0.1, -0.05) is 18.2 Å². The number of pyridine rings is 3. The van der Waals surface area contributed by atoms with Crippen molar-refractivity contribution in [2.75, 3.05) is 31.1 Å². The Morgan fingerprint density at radius 2 is 1.73 bits per heavy atom. The minimum atomic E-state index is 0.921. The van der Waals surface area contributed by atoms with Crippen LogP contribution in [-0.2, 0) is 0 Å². The van der Waals surface area contributed by atoms with E-state index in [9.17, 15) is 0 Å². The summed E-state index contributed by atoms with van der Waals surface area (Å²) in [5.41, 5.74) is 8.59. The molecule has 0 atom stereocenters. The van der Waals surface area contributed by atoms with Crippen molar-refractivity contribution in [1.82, 2.24) is 24.7 Å². The number of piperazine rings is 1. The zero-order chi connectivity index (χ0) is 22.4. The van der Waals surface area contributed by atoms with Gasteiger partial charge in [0.25, 0.3) is 0 Å². The molecular formula is C27H26N6. The van der Waals surface area contributed by atoms with E-state index in [1.165, 1.54) is 5.56 Å². The van der Waals surface area contributed by atoms with Crippen molar-refractivity contribution in [3.8, 4) is 22.4 Å². The number of nitrogens with zero attached hydrogens (tertiary/aromatic N) is 5. The van der Waals surface area contributed by atoms with Gasteiger partial charge in [0, 0.05) is 60.8 Å². The van der Waals surface area contributed by atoms with E-state index in [2.05, 4.69) is 75.2 Å². The van der Waals surface area contributed by atoms with E-state index in [1.54, 1.807) is 0 Å².